The zero-order chi connectivity index (χ0) is 21.3. The maximum Gasteiger partial charge on any atom is 0.280 e. The number of carbonyl (C=O) groups excluding carboxylic acids is 2. The maximum atomic E-state index is 13.4. The minimum absolute atomic E-state index is 0.324. The molecule has 3 aromatic rings. The van der Waals surface area contributed by atoms with Crippen LogP contribution < -0.4 is 15.0 Å². The summed E-state index contributed by atoms with van der Waals surface area (Å²) in [6.45, 7) is 4.06. The molecule has 4 rings (SSSR count). The van der Waals surface area contributed by atoms with Gasteiger partial charge in [0.2, 0.25) is 0 Å². The highest BCUT2D eigenvalue weighted by Gasteiger charge is 2.50. The molecular weight excluding hydrogens is 387 g/mol. The Kier molecular flexibility index (Phi) is 4.99. The van der Waals surface area contributed by atoms with Crippen molar-refractivity contribution in [3.05, 3.63) is 72.3 Å². The molecule has 0 spiro atoms. The summed E-state index contributed by atoms with van der Waals surface area (Å²) < 4.78 is 20.8. The number of ether oxygens (including phenoxy) is 1. The van der Waals surface area contributed by atoms with Gasteiger partial charge in [-0.2, -0.15) is 5.10 Å². The largest absolute Gasteiger partial charge is 0.465 e. The number of amides is 2. The Balaban J connectivity index is 1.52. The Labute approximate surface area is 173 Å². The highest BCUT2D eigenvalue weighted by atomic mass is 19.1. The number of nitrogens with one attached hydrogen (secondary N) is 1. The van der Waals surface area contributed by atoms with Crippen LogP contribution in [-0.2, 0) is 16.1 Å². The van der Waals surface area contributed by atoms with Crippen LogP contribution >= 0.6 is 0 Å². The zero-order valence-corrected chi connectivity index (χ0v) is 16.6. The highest BCUT2D eigenvalue weighted by Crippen LogP contribution is 2.37. The van der Waals surface area contributed by atoms with Gasteiger partial charge in [-0.3, -0.25) is 14.3 Å². The van der Waals surface area contributed by atoms with Crippen molar-refractivity contribution >= 4 is 23.2 Å². The van der Waals surface area contributed by atoms with Crippen LogP contribution in [0.15, 0.2) is 60.9 Å². The summed E-state index contributed by atoms with van der Waals surface area (Å²) in [7, 11) is 0. The van der Waals surface area contributed by atoms with E-state index in [0.717, 1.165) is 5.56 Å². The van der Waals surface area contributed by atoms with E-state index in [0.29, 0.717) is 30.2 Å². The molecule has 7 nitrogen and oxygen atoms in total. The van der Waals surface area contributed by atoms with Gasteiger partial charge in [-0.1, -0.05) is 24.3 Å². The monoisotopic (exact) mass is 408 g/mol. The van der Waals surface area contributed by atoms with Gasteiger partial charge in [-0.05, 0) is 43.7 Å². The Morgan fingerprint density at radius 3 is 2.80 bits per heavy atom. The van der Waals surface area contributed by atoms with E-state index in [4.69, 9.17) is 4.74 Å². The van der Waals surface area contributed by atoms with E-state index < -0.39 is 17.4 Å². The van der Waals surface area contributed by atoms with Crippen molar-refractivity contribution in [2.45, 2.75) is 26.0 Å². The molecule has 0 saturated heterocycles. The third-order valence-corrected chi connectivity index (χ3v) is 5.00. The summed E-state index contributed by atoms with van der Waals surface area (Å²) in [6, 6.07) is 13.3. The van der Waals surface area contributed by atoms with E-state index in [1.807, 2.05) is 13.0 Å². The van der Waals surface area contributed by atoms with Crippen molar-refractivity contribution < 1.29 is 18.7 Å². The molecule has 0 bridgehead atoms. The minimum Gasteiger partial charge on any atom is -0.465 e. The number of anilines is 2. The number of hydrogen-bond donors (Lipinski definition) is 1. The number of hydrogen-bond acceptors (Lipinski definition) is 4. The first-order valence-corrected chi connectivity index (χ1v) is 9.59. The van der Waals surface area contributed by atoms with Gasteiger partial charge >= 0.3 is 0 Å². The molecule has 0 fully saturated rings. The lowest BCUT2D eigenvalue weighted by Crippen LogP contribution is -2.60. The molecule has 0 saturated carbocycles. The van der Waals surface area contributed by atoms with Gasteiger partial charge in [0.1, 0.15) is 11.6 Å². The third kappa shape index (κ3) is 3.52. The summed E-state index contributed by atoms with van der Waals surface area (Å²) in [5.74, 6) is -0.882. The van der Waals surface area contributed by atoms with Crippen LogP contribution in [-0.4, -0.2) is 33.7 Å². The molecule has 2 amide bonds. The van der Waals surface area contributed by atoms with Crippen LogP contribution in [0.1, 0.15) is 19.4 Å². The lowest BCUT2D eigenvalue weighted by molar-refractivity contribution is -0.145. The zero-order valence-electron chi connectivity index (χ0n) is 16.6. The molecule has 30 heavy (non-hydrogen) atoms. The number of aromatic nitrogens is 2. The van der Waals surface area contributed by atoms with Gasteiger partial charge in [0, 0.05) is 12.7 Å². The first-order chi connectivity index (χ1) is 14.4. The normalized spacial score (nSPS) is 18.0. The predicted octanol–water partition coefficient (Wildman–Crippen LogP) is 3.21. The average Bonchev–Trinajstić information content (AvgIpc) is 3.15. The summed E-state index contributed by atoms with van der Waals surface area (Å²) in [5.41, 5.74) is 0.0766. The lowest BCUT2D eigenvalue weighted by atomic mass is 10.00. The smallest absolute Gasteiger partial charge is 0.280 e. The van der Waals surface area contributed by atoms with E-state index >= 15 is 0 Å². The molecule has 0 aliphatic carbocycles. The van der Waals surface area contributed by atoms with Crippen molar-refractivity contribution in [2.75, 3.05) is 16.8 Å². The molecule has 1 atom stereocenters. The Bertz CT molecular complexity index is 1110. The summed E-state index contributed by atoms with van der Waals surface area (Å²) >= 11 is 0. The van der Waals surface area contributed by atoms with Crippen LogP contribution in [0.5, 0.6) is 5.75 Å². The van der Waals surface area contributed by atoms with Crippen LogP contribution in [0.25, 0.3) is 0 Å². The molecule has 2 heterocycles. The number of benzene rings is 2. The summed E-state index contributed by atoms with van der Waals surface area (Å²) in [6.07, 6.45) is 3.09. The fourth-order valence-corrected chi connectivity index (χ4v) is 3.44. The van der Waals surface area contributed by atoms with Gasteiger partial charge in [0.15, 0.2) is 0 Å². The fraction of sp³-hybridized carbons (Fsp3) is 0.227. The van der Waals surface area contributed by atoms with Crippen LogP contribution in [0, 0.1) is 5.82 Å². The second kappa shape index (κ2) is 7.62. The van der Waals surface area contributed by atoms with Crippen molar-refractivity contribution in [1.82, 2.24) is 9.78 Å². The predicted molar refractivity (Wildman–Crippen MR) is 110 cm³/mol. The Hall–Kier alpha value is -3.68. The van der Waals surface area contributed by atoms with Gasteiger partial charge < -0.3 is 15.0 Å². The minimum atomic E-state index is -1.71. The maximum absolute atomic E-state index is 13.4. The van der Waals surface area contributed by atoms with Crippen molar-refractivity contribution in [1.29, 1.82) is 0 Å². The Morgan fingerprint density at radius 1 is 1.23 bits per heavy atom. The lowest BCUT2D eigenvalue weighted by Gasteiger charge is -2.39. The molecular formula is C22H21FN4O3. The Morgan fingerprint density at radius 2 is 2.03 bits per heavy atom. The second-order valence-electron chi connectivity index (χ2n) is 7.16. The van der Waals surface area contributed by atoms with Crippen LogP contribution in [0.2, 0.25) is 0 Å². The van der Waals surface area contributed by atoms with Crippen LogP contribution in [0.4, 0.5) is 15.8 Å². The first-order valence-electron chi connectivity index (χ1n) is 9.59. The van der Waals surface area contributed by atoms with E-state index in [1.165, 1.54) is 30.2 Å². The van der Waals surface area contributed by atoms with Gasteiger partial charge in [0.25, 0.3) is 17.4 Å². The SMILES string of the molecule is CCN1C(=O)C(C)(C(=O)Nc2cnn(Cc3cccc(F)c3)c2)Oc2ccccc21. The number of para-hydroxylation sites is 2. The first kappa shape index (κ1) is 19.6. The third-order valence-electron chi connectivity index (χ3n) is 5.00. The van der Waals surface area contributed by atoms with Crippen molar-refractivity contribution in [3.8, 4) is 5.75 Å². The number of carbonyl (C=O) groups is 2. The fourth-order valence-electron chi connectivity index (χ4n) is 3.44. The molecule has 1 aromatic heterocycles. The number of likely N-dealkylation sites (N-methyl/N-ethyl adjacent to an activating group) is 1. The summed E-state index contributed by atoms with van der Waals surface area (Å²) in [4.78, 5) is 27.6. The number of rotatable bonds is 5. The van der Waals surface area contributed by atoms with Crippen LogP contribution in [0.3, 0.4) is 0 Å². The van der Waals surface area contributed by atoms with Gasteiger partial charge in [-0.15, -0.1) is 0 Å². The highest BCUT2D eigenvalue weighted by molar-refractivity contribution is 6.19. The number of fused-ring (bicyclic) bond motifs is 1. The molecule has 1 unspecified atom stereocenters. The standard InChI is InChI=1S/C22H21FN4O3/c1-3-27-18-9-4-5-10-19(18)30-22(2,21(27)29)20(28)25-17-12-24-26(14-17)13-15-7-6-8-16(23)11-15/h4-12,14H,3,13H2,1-2H3,(H,25,28). The topological polar surface area (TPSA) is 76.5 Å². The van der Waals surface area contributed by atoms with E-state index in [9.17, 15) is 14.0 Å². The number of nitrogens with zero attached hydrogens (tertiary/aromatic N) is 3. The average molecular weight is 408 g/mol. The van der Waals surface area contributed by atoms with Gasteiger partial charge in [-0.25, -0.2) is 4.39 Å². The molecule has 1 N–H and O–H groups in total. The molecule has 0 radical (unpaired) electrons. The van der Waals surface area contributed by atoms with E-state index in [2.05, 4.69) is 10.4 Å². The van der Waals surface area contributed by atoms with E-state index in [1.54, 1.807) is 41.2 Å². The molecule has 154 valence electrons. The van der Waals surface area contributed by atoms with Gasteiger partial charge in [0.05, 0.1) is 24.1 Å². The van der Waals surface area contributed by atoms with E-state index in [-0.39, 0.29) is 5.82 Å². The second-order valence-corrected chi connectivity index (χ2v) is 7.16. The van der Waals surface area contributed by atoms with Crippen molar-refractivity contribution in [2.24, 2.45) is 0 Å². The molecule has 1 aliphatic heterocycles. The summed E-state index contributed by atoms with van der Waals surface area (Å²) in [5, 5.41) is 6.90. The molecule has 1 aliphatic rings. The molecule has 2 aromatic carbocycles. The van der Waals surface area contributed by atoms with Crippen molar-refractivity contribution in [3.63, 3.8) is 0 Å². The molecule has 8 heteroatoms. The number of halogens is 1. The quantitative estimate of drug-likeness (QED) is 0.658.